The van der Waals surface area contributed by atoms with Crippen molar-refractivity contribution >= 4 is 0 Å². The fourth-order valence-corrected chi connectivity index (χ4v) is 3.41. The van der Waals surface area contributed by atoms with Crippen LogP contribution in [0, 0.1) is 11.7 Å². The van der Waals surface area contributed by atoms with E-state index >= 15 is 0 Å². The van der Waals surface area contributed by atoms with E-state index in [9.17, 15) is 17.6 Å². The number of halogens is 4. The van der Waals surface area contributed by atoms with Gasteiger partial charge in [-0.1, -0.05) is 30.3 Å². The quantitative estimate of drug-likeness (QED) is 0.676. The van der Waals surface area contributed by atoms with Gasteiger partial charge in [0.25, 0.3) is 0 Å². The highest BCUT2D eigenvalue weighted by molar-refractivity contribution is 5.27. The van der Waals surface area contributed by atoms with Crippen LogP contribution in [0.1, 0.15) is 29.5 Å². The number of rotatable bonds is 4. The molecular weight excluding hydrogens is 330 g/mol. The molecule has 1 aliphatic heterocycles. The van der Waals surface area contributed by atoms with Crippen molar-refractivity contribution in [1.82, 2.24) is 4.90 Å². The van der Waals surface area contributed by atoms with Crippen LogP contribution in [-0.4, -0.2) is 18.0 Å². The van der Waals surface area contributed by atoms with Gasteiger partial charge in [-0.05, 0) is 67.6 Å². The Morgan fingerprint density at radius 1 is 0.960 bits per heavy atom. The van der Waals surface area contributed by atoms with Gasteiger partial charge in [0.15, 0.2) is 0 Å². The van der Waals surface area contributed by atoms with Gasteiger partial charge in [-0.3, -0.25) is 4.90 Å². The molecule has 0 saturated carbocycles. The SMILES string of the molecule is Fc1ccc(C(F)(F)F)cc1CC1CCN(Cc2ccccc2)CC1. The largest absolute Gasteiger partial charge is 0.416 e. The first-order valence-corrected chi connectivity index (χ1v) is 8.54. The number of likely N-dealkylation sites (tertiary alicyclic amines) is 1. The van der Waals surface area contributed by atoms with Gasteiger partial charge in [0.05, 0.1) is 5.56 Å². The highest BCUT2D eigenvalue weighted by Crippen LogP contribution is 2.32. The van der Waals surface area contributed by atoms with E-state index in [1.165, 1.54) is 5.56 Å². The first-order valence-electron chi connectivity index (χ1n) is 8.54. The summed E-state index contributed by atoms with van der Waals surface area (Å²) in [5, 5.41) is 0. The third-order valence-corrected chi connectivity index (χ3v) is 4.84. The highest BCUT2D eigenvalue weighted by atomic mass is 19.4. The maximum atomic E-state index is 13.9. The molecule has 0 spiro atoms. The van der Waals surface area contributed by atoms with Crippen molar-refractivity contribution in [2.75, 3.05) is 13.1 Å². The third kappa shape index (κ3) is 4.82. The van der Waals surface area contributed by atoms with Gasteiger partial charge in [-0.25, -0.2) is 4.39 Å². The summed E-state index contributed by atoms with van der Waals surface area (Å²) in [5.41, 5.74) is 0.659. The van der Waals surface area contributed by atoms with E-state index in [4.69, 9.17) is 0 Å². The summed E-state index contributed by atoms with van der Waals surface area (Å²) in [6.07, 6.45) is -2.30. The smallest absolute Gasteiger partial charge is 0.299 e. The Hall–Kier alpha value is -1.88. The van der Waals surface area contributed by atoms with E-state index < -0.39 is 17.6 Å². The van der Waals surface area contributed by atoms with Crippen LogP contribution >= 0.6 is 0 Å². The molecule has 25 heavy (non-hydrogen) atoms. The summed E-state index contributed by atoms with van der Waals surface area (Å²) in [7, 11) is 0. The summed E-state index contributed by atoms with van der Waals surface area (Å²) in [5.74, 6) is -0.315. The van der Waals surface area contributed by atoms with Crippen LogP contribution in [0.15, 0.2) is 48.5 Å². The Kier molecular flexibility index (Phi) is 5.42. The minimum atomic E-state index is -4.43. The molecule has 0 N–H and O–H groups in total. The summed E-state index contributed by atoms with van der Waals surface area (Å²) in [4.78, 5) is 2.34. The van der Waals surface area contributed by atoms with E-state index in [2.05, 4.69) is 17.0 Å². The van der Waals surface area contributed by atoms with Gasteiger partial charge in [0.1, 0.15) is 5.82 Å². The molecule has 0 atom stereocenters. The van der Waals surface area contributed by atoms with Crippen LogP contribution < -0.4 is 0 Å². The lowest BCUT2D eigenvalue weighted by molar-refractivity contribution is -0.137. The highest BCUT2D eigenvalue weighted by Gasteiger charge is 2.31. The first kappa shape index (κ1) is 17.9. The standard InChI is InChI=1S/C20H21F4N/c21-19-7-6-18(20(22,23)24)13-17(19)12-15-8-10-25(11-9-15)14-16-4-2-1-3-5-16/h1-7,13,15H,8-12,14H2. The van der Waals surface area contributed by atoms with Crippen molar-refractivity contribution in [2.24, 2.45) is 5.92 Å². The number of benzene rings is 2. The second kappa shape index (κ2) is 7.56. The number of hydrogen-bond acceptors (Lipinski definition) is 1. The number of nitrogens with zero attached hydrogens (tertiary/aromatic N) is 1. The average Bonchev–Trinajstić information content (AvgIpc) is 2.58. The maximum Gasteiger partial charge on any atom is 0.416 e. The number of hydrogen-bond donors (Lipinski definition) is 0. The Morgan fingerprint density at radius 3 is 2.28 bits per heavy atom. The minimum Gasteiger partial charge on any atom is -0.299 e. The Labute approximate surface area is 145 Å². The molecule has 1 fully saturated rings. The van der Waals surface area contributed by atoms with E-state index in [1.807, 2.05) is 18.2 Å². The Bertz CT molecular complexity index is 689. The fourth-order valence-electron chi connectivity index (χ4n) is 3.41. The van der Waals surface area contributed by atoms with Crippen molar-refractivity contribution in [3.8, 4) is 0 Å². The van der Waals surface area contributed by atoms with Gasteiger partial charge >= 0.3 is 6.18 Å². The molecule has 0 amide bonds. The topological polar surface area (TPSA) is 3.24 Å². The molecule has 1 saturated heterocycles. The molecule has 0 bridgehead atoms. The monoisotopic (exact) mass is 351 g/mol. The molecule has 1 aliphatic rings. The lowest BCUT2D eigenvalue weighted by Crippen LogP contribution is -2.34. The van der Waals surface area contributed by atoms with Crippen molar-refractivity contribution in [1.29, 1.82) is 0 Å². The van der Waals surface area contributed by atoms with Crippen molar-refractivity contribution in [3.63, 3.8) is 0 Å². The van der Waals surface area contributed by atoms with E-state index in [1.54, 1.807) is 0 Å². The van der Waals surface area contributed by atoms with Crippen LogP contribution in [0.3, 0.4) is 0 Å². The van der Waals surface area contributed by atoms with Crippen molar-refractivity contribution in [2.45, 2.75) is 32.0 Å². The number of alkyl halides is 3. The molecule has 3 rings (SSSR count). The summed E-state index contributed by atoms with van der Waals surface area (Å²) >= 11 is 0. The minimum absolute atomic E-state index is 0.177. The lowest BCUT2D eigenvalue weighted by Gasteiger charge is -2.32. The average molecular weight is 351 g/mol. The van der Waals surface area contributed by atoms with Gasteiger partial charge < -0.3 is 0 Å². The molecule has 134 valence electrons. The molecule has 0 unspecified atom stereocenters. The summed E-state index contributed by atoms with van der Waals surface area (Å²) < 4.78 is 52.3. The van der Waals surface area contributed by atoms with Crippen LogP contribution in [-0.2, 0) is 19.1 Å². The van der Waals surface area contributed by atoms with E-state index in [-0.39, 0.29) is 11.5 Å². The summed E-state index contributed by atoms with van der Waals surface area (Å²) in [6, 6.07) is 12.9. The number of piperidine rings is 1. The van der Waals surface area contributed by atoms with Gasteiger partial charge in [-0.15, -0.1) is 0 Å². The predicted octanol–water partition coefficient (Wildman–Crippen LogP) is 5.30. The first-order chi connectivity index (χ1) is 11.9. The maximum absolute atomic E-state index is 13.9. The fraction of sp³-hybridized carbons (Fsp3) is 0.400. The molecule has 2 aromatic carbocycles. The zero-order chi connectivity index (χ0) is 17.9. The Morgan fingerprint density at radius 2 is 1.64 bits per heavy atom. The molecule has 2 aromatic rings. The predicted molar refractivity (Wildman–Crippen MR) is 89.5 cm³/mol. The van der Waals surface area contributed by atoms with Gasteiger partial charge in [0, 0.05) is 6.54 Å². The lowest BCUT2D eigenvalue weighted by atomic mass is 9.89. The normalized spacial score (nSPS) is 17.0. The van der Waals surface area contributed by atoms with E-state index in [0.29, 0.717) is 6.42 Å². The van der Waals surface area contributed by atoms with Crippen LogP contribution in [0.25, 0.3) is 0 Å². The molecule has 0 aliphatic carbocycles. The second-order valence-corrected chi connectivity index (χ2v) is 6.71. The van der Waals surface area contributed by atoms with E-state index in [0.717, 1.165) is 50.7 Å². The van der Waals surface area contributed by atoms with Crippen LogP contribution in [0.2, 0.25) is 0 Å². The molecule has 5 heteroatoms. The van der Waals surface area contributed by atoms with Gasteiger partial charge in [0.2, 0.25) is 0 Å². The van der Waals surface area contributed by atoms with Crippen molar-refractivity contribution < 1.29 is 17.6 Å². The zero-order valence-electron chi connectivity index (χ0n) is 13.9. The Balaban J connectivity index is 1.57. The third-order valence-electron chi connectivity index (χ3n) is 4.84. The van der Waals surface area contributed by atoms with Crippen LogP contribution in [0.4, 0.5) is 17.6 Å². The molecular formula is C20H21F4N. The molecule has 1 heterocycles. The molecule has 0 radical (unpaired) electrons. The molecule has 0 aromatic heterocycles. The second-order valence-electron chi connectivity index (χ2n) is 6.71. The molecule has 1 nitrogen and oxygen atoms in total. The van der Waals surface area contributed by atoms with Crippen molar-refractivity contribution in [3.05, 3.63) is 71.0 Å². The van der Waals surface area contributed by atoms with Gasteiger partial charge in [-0.2, -0.15) is 13.2 Å². The van der Waals surface area contributed by atoms with Crippen LogP contribution in [0.5, 0.6) is 0 Å². The summed E-state index contributed by atoms with van der Waals surface area (Å²) in [6.45, 7) is 2.66. The zero-order valence-corrected chi connectivity index (χ0v) is 13.9.